The predicted molar refractivity (Wildman–Crippen MR) is 44.0 cm³/mol. The molecule has 0 amide bonds. The first kappa shape index (κ1) is 9.41. The normalized spacial score (nSPS) is 11.7. The second-order valence-corrected chi connectivity index (χ2v) is 2.71. The SMILES string of the molecule is CCCC(C)=CCC(C)=O. The zero-order valence-corrected chi connectivity index (χ0v) is 7.11. The largest absolute Gasteiger partial charge is 0.300 e. The zero-order valence-electron chi connectivity index (χ0n) is 7.11. The highest BCUT2D eigenvalue weighted by Crippen LogP contribution is 2.03. The Morgan fingerprint density at radius 3 is 2.40 bits per heavy atom. The number of rotatable bonds is 4. The van der Waals surface area contributed by atoms with Crippen molar-refractivity contribution in [1.29, 1.82) is 0 Å². The molecule has 0 saturated carbocycles. The van der Waals surface area contributed by atoms with Crippen LogP contribution in [-0.4, -0.2) is 5.78 Å². The van der Waals surface area contributed by atoms with Gasteiger partial charge >= 0.3 is 0 Å². The summed E-state index contributed by atoms with van der Waals surface area (Å²) < 4.78 is 0. The van der Waals surface area contributed by atoms with Crippen molar-refractivity contribution >= 4 is 5.78 Å². The maximum absolute atomic E-state index is 10.5. The number of hydrogen-bond acceptors (Lipinski definition) is 1. The molecular formula is C9H16O. The molecule has 0 aromatic carbocycles. The van der Waals surface area contributed by atoms with E-state index < -0.39 is 0 Å². The van der Waals surface area contributed by atoms with Gasteiger partial charge in [0, 0.05) is 6.42 Å². The molecule has 0 rings (SSSR count). The van der Waals surface area contributed by atoms with Crippen molar-refractivity contribution in [2.24, 2.45) is 0 Å². The van der Waals surface area contributed by atoms with Gasteiger partial charge in [0.05, 0.1) is 0 Å². The maximum Gasteiger partial charge on any atom is 0.133 e. The maximum atomic E-state index is 10.5. The second-order valence-electron chi connectivity index (χ2n) is 2.71. The Morgan fingerprint density at radius 2 is 2.00 bits per heavy atom. The Balaban J connectivity index is 3.57. The first-order chi connectivity index (χ1) is 4.66. The summed E-state index contributed by atoms with van der Waals surface area (Å²) in [7, 11) is 0. The molecule has 1 nitrogen and oxygen atoms in total. The fourth-order valence-corrected chi connectivity index (χ4v) is 0.814. The van der Waals surface area contributed by atoms with Gasteiger partial charge in [0.15, 0.2) is 0 Å². The second kappa shape index (κ2) is 5.21. The lowest BCUT2D eigenvalue weighted by molar-refractivity contribution is -0.116. The molecule has 10 heavy (non-hydrogen) atoms. The molecule has 0 spiro atoms. The van der Waals surface area contributed by atoms with Crippen molar-refractivity contribution in [3.05, 3.63) is 11.6 Å². The summed E-state index contributed by atoms with van der Waals surface area (Å²) in [5, 5.41) is 0. The fourth-order valence-electron chi connectivity index (χ4n) is 0.814. The summed E-state index contributed by atoms with van der Waals surface area (Å²) in [6.45, 7) is 5.84. The minimum atomic E-state index is 0.246. The molecule has 0 saturated heterocycles. The van der Waals surface area contributed by atoms with E-state index in [-0.39, 0.29) is 5.78 Å². The van der Waals surface area contributed by atoms with Gasteiger partial charge in [-0.05, 0) is 20.3 Å². The quantitative estimate of drug-likeness (QED) is 0.549. The molecule has 0 N–H and O–H groups in total. The van der Waals surface area contributed by atoms with Gasteiger partial charge in [-0.15, -0.1) is 0 Å². The Morgan fingerprint density at radius 1 is 1.40 bits per heavy atom. The van der Waals surface area contributed by atoms with E-state index in [1.54, 1.807) is 6.92 Å². The topological polar surface area (TPSA) is 17.1 Å². The van der Waals surface area contributed by atoms with Crippen LogP contribution in [0, 0.1) is 0 Å². The van der Waals surface area contributed by atoms with Crippen LogP contribution in [0.5, 0.6) is 0 Å². The molecule has 0 unspecified atom stereocenters. The van der Waals surface area contributed by atoms with E-state index in [4.69, 9.17) is 0 Å². The minimum Gasteiger partial charge on any atom is -0.300 e. The van der Waals surface area contributed by atoms with Crippen LogP contribution in [-0.2, 0) is 4.79 Å². The van der Waals surface area contributed by atoms with Crippen molar-refractivity contribution < 1.29 is 4.79 Å². The van der Waals surface area contributed by atoms with Crippen LogP contribution in [0.3, 0.4) is 0 Å². The lowest BCUT2D eigenvalue weighted by atomic mass is 10.1. The van der Waals surface area contributed by atoms with Gasteiger partial charge in [-0.1, -0.05) is 25.0 Å². The predicted octanol–water partition coefficient (Wildman–Crippen LogP) is 2.71. The standard InChI is InChI=1S/C9H16O/c1-4-5-8(2)6-7-9(3)10/h6H,4-5,7H2,1-3H3. The van der Waals surface area contributed by atoms with Crippen molar-refractivity contribution in [3.63, 3.8) is 0 Å². The fraction of sp³-hybridized carbons (Fsp3) is 0.667. The Hall–Kier alpha value is -0.590. The van der Waals surface area contributed by atoms with Gasteiger partial charge in [0.2, 0.25) is 0 Å². The molecule has 0 radical (unpaired) electrons. The molecule has 1 heteroatoms. The van der Waals surface area contributed by atoms with Crippen LogP contribution < -0.4 is 0 Å². The number of hydrogen-bond donors (Lipinski definition) is 0. The van der Waals surface area contributed by atoms with E-state index in [1.807, 2.05) is 6.08 Å². The molecule has 0 atom stereocenters. The van der Waals surface area contributed by atoms with Crippen molar-refractivity contribution in [2.45, 2.75) is 40.0 Å². The van der Waals surface area contributed by atoms with Gasteiger partial charge in [0.25, 0.3) is 0 Å². The van der Waals surface area contributed by atoms with E-state index in [1.165, 1.54) is 12.0 Å². The number of Topliss-reactive ketones (excluding diaryl/α,β-unsaturated/α-hetero) is 1. The van der Waals surface area contributed by atoms with E-state index in [0.717, 1.165) is 6.42 Å². The van der Waals surface area contributed by atoms with E-state index in [2.05, 4.69) is 13.8 Å². The molecule has 0 aliphatic heterocycles. The monoisotopic (exact) mass is 140 g/mol. The minimum absolute atomic E-state index is 0.246. The highest BCUT2D eigenvalue weighted by molar-refractivity contribution is 5.77. The highest BCUT2D eigenvalue weighted by Gasteiger charge is 1.89. The summed E-state index contributed by atoms with van der Waals surface area (Å²) in [5.74, 6) is 0.246. The zero-order chi connectivity index (χ0) is 7.98. The molecule has 0 aromatic rings. The van der Waals surface area contributed by atoms with Crippen LogP contribution in [0.25, 0.3) is 0 Å². The molecule has 0 aliphatic rings. The van der Waals surface area contributed by atoms with Crippen LogP contribution >= 0.6 is 0 Å². The van der Waals surface area contributed by atoms with E-state index in [9.17, 15) is 4.79 Å². The summed E-state index contributed by atoms with van der Waals surface area (Å²) >= 11 is 0. The molecule has 0 fully saturated rings. The summed E-state index contributed by atoms with van der Waals surface area (Å²) in [5.41, 5.74) is 1.33. The summed E-state index contributed by atoms with van der Waals surface area (Å²) in [6, 6.07) is 0. The average molecular weight is 140 g/mol. The lowest BCUT2D eigenvalue weighted by Crippen LogP contribution is -1.86. The molecule has 0 heterocycles. The number of carbonyl (C=O) groups excluding carboxylic acids is 1. The summed E-state index contributed by atoms with van der Waals surface area (Å²) in [4.78, 5) is 10.5. The van der Waals surface area contributed by atoms with Crippen LogP contribution in [0.2, 0.25) is 0 Å². The number of carbonyl (C=O) groups is 1. The highest BCUT2D eigenvalue weighted by atomic mass is 16.1. The summed E-state index contributed by atoms with van der Waals surface area (Å²) in [6.07, 6.45) is 4.91. The van der Waals surface area contributed by atoms with Crippen LogP contribution in [0.1, 0.15) is 40.0 Å². The van der Waals surface area contributed by atoms with E-state index >= 15 is 0 Å². The third-order valence-electron chi connectivity index (χ3n) is 1.38. The van der Waals surface area contributed by atoms with Crippen LogP contribution in [0.4, 0.5) is 0 Å². The first-order valence-electron chi connectivity index (χ1n) is 3.82. The Labute approximate surface area is 63.1 Å². The van der Waals surface area contributed by atoms with Crippen LogP contribution in [0.15, 0.2) is 11.6 Å². The first-order valence-corrected chi connectivity index (χ1v) is 3.82. The van der Waals surface area contributed by atoms with Crippen molar-refractivity contribution in [3.8, 4) is 0 Å². The van der Waals surface area contributed by atoms with Gasteiger partial charge in [-0.25, -0.2) is 0 Å². The average Bonchev–Trinajstić information content (AvgIpc) is 1.85. The Kier molecular flexibility index (Phi) is 4.91. The van der Waals surface area contributed by atoms with Gasteiger partial charge in [-0.3, -0.25) is 4.79 Å². The Bertz CT molecular complexity index is 134. The molecule has 0 aromatic heterocycles. The number of allylic oxidation sites excluding steroid dienone is 2. The molecular weight excluding hydrogens is 124 g/mol. The number of ketones is 1. The molecule has 58 valence electrons. The van der Waals surface area contributed by atoms with Gasteiger partial charge in [-0.2, -0.15) is 0 Å². The third kappa shape index (κ3) is 5.54. The lowest BCUT2D eigenvalue weighted by Gasteiger charge is -1.94. The van der Waals surface area contributed by atoms with Gasteiger partial charge in [0.1, 0.15) is 5.78 Å². The smallest absolute Gasteiger partial charge is 0.133 e. The molecule has 0 aliphatic carbocycles. The third-order valence-corrected chi connectivity index (χ3v) is 1.38. The van der Waals surface area contributed by atoms with Gasteiger partial charge < -0.3 is 0 Å². The van der Waals surface area contributed by atoms with Crippen molar-refractivity contribution in [2.75, 3.05) is 0 Å². The van der Waals surface area contributed by atoms with E-state index in [0.29, 0.717) is 6.42 Å². The molecule has 0 bridgehead atoms. The van der Waals surface area contributed by atoms with Crippen molar-refractivity contribution in [1.82, 2.24) is 0 Å².